The van der Waals surface area contributed by atoms with Crippen LogP contribution in [0.15, 0.2) is 81.4 Å². The highest BCUT2D eigenvalue weighted by atomic mass is 32.1. The van der Waals surface area contributed by atoms with E-state index >= 15 is 0 Å². The van der Waals surface area contributed by atoms with Gasteiger partial charge in [0.25, 0.3) is 5.56 Å². The van der Waals surface area contributed by atoms with Crippen LogP contribution in [0.3, 0.4) is 0 Å². The first-order valence-corrected chi connectivity index (χ1v) is 12.9. The molecule has 6 rings (SSSR count). The number of aryl methyl sites for hydroxylation is 1. The van der Waals surface area contributed by atoms with Crippen molar-refractivity contribution in [1.82, 2.24) is 4.57 Å². The first-order chi connectivity index (χ1) is 17.1. The molecule has 0 saturated heterocycles. The Labute approximate surface area is 208 Å². The van der Waals surface area contributed by atoms with Gasteiger partial charge in [-0.25, -0.2) is 9.79 Å². The van der Waals surface area contributed by atoms with Crippen LogP contribution < -0.4 is 19.6 Å². The lowest BCUT2D eigenvalue weighted by Gasteiger charge is -2.30. The highest BCUT2D eigenvalue weighted by Crippen LogP contribution is 2.42. The van der Waals surface area contributed by atoms with Crippen LogP contribution >= 0.6 is 22.7 Å². The van der Waals surface area contributed by atoms with E-state index in [1.807, 2.05) is 34.9 Å². The van der Waals surface area contributed by atoms with Gasteiger partial charge < -0.3 is 9.84 Å². The maximum absolute atomic E-state index is 13.7. The normalized spacial score (nSPS) is 16.8. The number of fused-ring (bicyclic) bond motifs is 3. The lowest BCUT2D eigenvalue weighted by molar-refractivity contribution is -0.139. The van der Waals surface area contributed by atoms with E-state index in [1.54, 1.807) is 23.5 Å². The summed E-state index contributed by atoms with van der Waals surface area (Å²) < 4.78 is 7.66. The summed E-state index contributed by atoms with van der Waals surface area (Å²) >= 11 is 3.06. The fourth-order valence-corrected chi connectivity index (χ4v) is 6.52. The molecule has 174 valence electrons. The van der Waals surface area contributed by atoms with Crippen LogP contribution in [-0.2, 0) is 11.2 Å². The minimum absolute atomic E-state index is 0.0521. The van der Waals surface area contributed by atoms with Crippen molar-refractivity contribution in [2.24, 2.45) is 4.99 Å². The van der Waals surface area contributed by atoms with Crippen LogP contribution in [0.5, 0.6) is 5.75 Å². The average Bonchev–Trinajstić information content (AvgIpc) is 3.51. The summed E-state index contributed by atoms with van der Waals surface area (Å²) in [4.78, 5) is 31.2. The van der Waals surface area contributed by atoms with Crippen molar-refractivity contribution in [1.29, 1.82) is 0 Å². The van der Waals surface area contributed by atoms with Crippen molar-refractivity contribution >= 4 is 40.4 Å². The Bertz CT molecular complexity index is 1640. The summed E-state index contributed by atoms with van der Waals surface area (Å²) in [6.45, 7) is -0.394. The number of thiophene rings is 1. The molecule has 1 aliphatic heterocycles. The molecular formula is C27H20N2O4S2. The van der Waals surface area contributed by atoms with Crippen LogP contribution in [-0.4, -0.2) is 22.2 Å². The largest absolute Gasteiger partial charge is 0.482 e. The Morgan fingerprint density at radius 1 is 1.11 bits per heavy atom. The van der Waals surface area contributed by atoms with Gasteiger partial charge in [-0.1, -0.05) is 53.8 Å². The number of carbonyl (C=O) groups is 1. The lowest BCUT2D eigenvalue weighted by Crippen LogP contribution is -2.38. The zero-order chi connectivity index (χ0) is 23.9. The summed E-state index contributed by atoms with van der Waals surface area (Å²) in [6, 6.07) is 19.4. The zero-order valence-electron chi connectivity index (χ0n) is 18.5. The van der Waals surface area contributed by atoms with Crippen molar-refractivity contribution in [2.75, 3.05) is 6.61 Å². The first-order valence-electron chi connectivity index (χ1n) is 11.2. The van der Waals surface area contributed by atoms with Gasteiger partial charge in [-0.05, 0) is 59.2 Å². The van der Waals surface area contributed by atoms with E-state index in [1.165, 1.54) is 22.5 Å². The number of nitrogens with zero attached hydrogens (tertiary/aromatic N) is 2. The fraction of sp³-hybridized carbons (Fsp3) is 0.148. The lowest BCUT2D eigenvalue weighted by atomic mass is 9.85. The van der Waals surface area contributed by atoms with Crippen LogP contribution in [0.4, 0.5) is 0 Å². The molecule has 2 aliphatic rings. The van der Waals surface area contributed by atoms with Crippen LogP contribution in [0.25, 0.3) is 11.8 Å². The molecule has 2 aromatic carbocycles. The van der Waals surface area contributed by atoms with Gasteiger partial charge in [0.05, 0.1) is 16.3 Å². The predicted octanol–water partition coefficient (Wildman–Crippen LogP) is 3.84. The topological polar surface area (TPSA) is 80.9 Å². The molecule has 0 saturated carbocycles. The fourth-order valence-electron chi connectivity index (χ4n) is 4.67. The molecule has 0 bridgehead atoms. The van der Waals surface area contributed by atoms with Gasteiger partial charge in [-0.15, -0.1) is 11.3 Å². The molecule has 35 heavy (non-hydrogen) atoms. The molecule has 1 atom stereocenters. The van der Waals surface area contributed by atoms with Gasteiger partial charge in [-0.3, -0.25) is 9.36 Å². The molecule has 1 aliphatic carbocycles. The SMILES string of the molecule is O=C(O)COc1ccc(/C=c2\sc3n(c2=O)C(c2cccs2)C2=C(N=3)c3ccccc3CC2)cc1. The number of hydrogen-bond acceptors (Lipinski definition) is 6. The number of aromatic nitrogens is 1. The molecular weight excluding hydrogens is 480 g/mol. The molecule has 1 N–H and O–H groups in total. The Morgan fingerprint density at radius 3 is 2.71 bits per heavy atom. The molecule has 0 amide bonds. The van der Waals surface area contributed by atoms with Crippen LogP contribution in [0, 0.1) is 0 Å². The number of aliphatic carboxylic acids is 1. The van der Waals surface area contributed by atoms with Crippen molar-refractivity contribution in [3.8, 4) is 5.75 Å². The number of rotatable bonds is 5. The molecule has 0 spiro atoms. The summed E-state index contributed by atoms with van der Waals surface area (Å²) in [7, 11) is 0. The summed E-state index contributed by atoms with van der Waals surface area (Å²) in [5.41, 5.74) is 5.43. The van der Waals surface area contributed by atoms with Gasteiger partial charge >= 0.3 is 5.97 Å². The number of carboxylic acids is 1. The van der Waals surface area contributed by atoms with Crippen molar-refractivity contribution in [2.45, 2.75) is 18.9 Å². The average molecular weight is 501 g/mol. The van der Waals surface area contributed by atoms with Crippen LogP contribution in [0.2, 0.25) is 0 Å². The summed E-state index contributed by atoms with van der Waals surface area (Å²) in [5.74, 6) is -0.559. The Morgan fingerprint density at radius 2 is 1.94 bits per heavy atom. The minimum Gasteiger partial charge on any atom is -0.482 e. The van der Waals surface area contributed by atoms with E-state index in [9.17, 15) is 9.59 Å². The highest BCUT2D eigenvalue weighted by Gasteiger charge is 2.32. The molecule has 0 fully saturated rings. The molecule has 1 unspecified atom stereocenters. The van der Waals surface area contributed by atoms with Crippen molar-refractivity contribution < 1.29 is 14.6 Å². The highest BCUT2D eigenvalue weighted by molar-refractivity contribution is 7.10. The van der Waals surface area contributed by atoms with Gasteiger partial charge in [0.2, 0.25) is 0 Å². The number of carboxylic acid groups (broad SMARTS) is 1. The molecule has 2 aromatic heterocycles. The van der Waals surface area contributed by atoms with Gasteiger partial charge in [-0.2, -0.15) is 0 Å². The van der Waals surface area contributed by atoms with Crippen molar-refractivity contribution in [3.05, 3.63) is 113 Å². The molecule has 6 nitrogen and oxygen atoms in total. The predicted molar refractivity (Wildman–Crippen MR) is 137 cm³/mol. The van der Waals surface area contributed by atoms with Gasteiger partial charge in [0, 0.05) is 10.4 Å². The second-order valence-electron chi connectivity index (χ2n) is 8.38. The molecule has 4 aromatic rings. The van der Waals surface area contributed by atoms with E-state index in [4.69, 9.17) is 14.8 Å². The van der Waals surface area contributed by atoms with E-state index in [0.717, 1.165) is 34.5 Å². The van der Waals surface area contributed by atoms with Gasteiger partial charge in [0.15, 0.2) is 11.4 Å². The second-order valence-corrected chi connectivity index (χ2v) is 10.4. The summed E-state index contributed by atoms with van der Waals surface area (Å²) in [6.07, 6.45) is 3.67. The molecule has 8 heteroatoms. The number of benzene rings is 2. The quantitative estimate of drug-likeness (QED) is 0.452. The second kappa shape index (κ2) is 8.79. The minimum atomic E-state index is -1.03. The zero-order valence-corrected chi connectivity index (χ0v) is 20.1. The monoisotopic (exact) mass is 500 g/mol. The maximum atomic E-state index is 13.7. The van der Waals surface area contributed by atoms with Crippen LogP contribution in [0.1, 0.15) is 34.0 Å². The Balaban J connectivity index is 1.47. The van der Waals surface area contributed by atoms with Crippen molar-refractivity contribution in [3.63, 3.8) is 0 Å². The van der Waals surface area contributed by atoms with E-state index in [0.29, 0.717) is 15.1 Å². The van der Waals surface area contributed by atoms with E-state index in [-0.39, 0.29) is 11.6 Å². The first kappa shape index (κ1) is 21.8. The smallest absolute Gasteiger partial charge is 0.341 e. The van der Waals surface area contributed by atoms with Gasteiger partial charge in [0.1, 0.15) is 5.75 Å². The Hall–Kier alpha value is -3.75. The molecule has 3 heterocycles. The maximum Gasteiger partial charge on any atom is 0.341 e. The Kier molecular flexibility index (Phi) is 5.47. The number of allylic oxidation sites excluding steroid dienone is 1. The summed E-state index contributed by atoms with van der Waals surface area (Å²) in [5, 5.41) is 10.8. The van der Waals surface area contributed by atoms with E-state index < -0.39 is 12.6 Å². The molecule has 0 radical (unpaired) electrons. The number of hydrogen-bond donors (Lipinski definition) is 1. The number of thiazole rings is 1. The van der Waals surface area contributed by atoms with E-state index in [2.05, 4.69) is 29.6 Å². The third kappa shape index (κ3) is 3.94. The standard InChI is InChI=1S/C27H20N2O4S2/c30-23(31)15-33-18-10-7-16(8-11-18)14-22-26(32)29-25(21-6-3-13-34-21)20-12-9-17-4-1-2-5-19(17)24(20)28-27(29)35-22/h1-8,10-11,13-14,25H,9,12,15H2,(H,30,31)/b22-14-. The third-order valence-electron chi connectivity index (χ3n) is 6.23. The number of ether oxygens (including phenoxy) is 1. The third-order valence-corrected chi connectivity index (χ3v) is 8.13.